The van der Waals surface area contributed by atoms with Crippen LogP contribution >= 0.6 is 0 Å². The molecule has 0 bridgehead atoms. The van der Waals surface area contributed by atoms with Crippen molar-refractivity contribution < 1.29 is 15.3 Å². The lowest BCUT2D eigenvalue weighted by molar-refractivity contribution is -0.405. The fourth-order valence-electron chi connectivity index (χ4n) is 4.31. The van der Waals surface area contributed by atoms with Gasteiger partial charge in [-0.25, -0.2) is 0 Å². The predicted octanol–water partition coefficient (Wildman–Crippen LogP) is 1.48. The van der Waals surface area contributed by atoms with Gasteiger partial charge in [0, 0.05) is 38.0 Å². The van der Waals surface area contributed by atoms with E-state index in [1.54, 1.807) is 0 Å². The molecule has 1 aromatic rings. The lowest BCUT2D eigenvalue weighted by Crippen LogP contribution is -2.70. The van der Waals surface area contributed by atoms with E-state index < -0.39 is 0 Å². The van der Waals surface area contributed by atoms with Gasteiger partial charge in [-0.3, -0.25) is 9.59 Å². The molecule has 0 aromatic heterocycles. The van der Waals surface area contributed by atoms with E-state index in [4.69, 9.17) is 0 Å². The normalized spacial score (nSPS) is 22.9. The second-order valence-electron chi connectivity index (χ2n) is 7.89. The maximum Gasteiger partial charge on any atom is 0.281 e. The summed E-state index contributed by atoms with van der Waals surface area (Å²) in [5.74, 6) is 0.609. The smallest absolute Gasteiger partial charge is 0.281 e. The lowest BCUT2D eigenvalue weighted by atomic mass is 9.87. The van der Waals surface area contributed by atoms with Gasteiger partial charge in [0.15, 0.2) is 6.04 Å². The van der Waals surface area contributed by atoms with Crippen LogP contribution in [0.25, 0.3) is 0 Å². The Kier molecular flexibility index (Phi) is 6.30. The first-order chi connectivity index (χ1) is 12.6. The Balaban J connectivity index is 1.54. The Labute approximate surface area is 156 Å². The second kappa shape index (κ2) is 8.67. The van der Waals surface area contributed by atoms with Crippen molar-refractivity contribution >= 4 is 11.8 Å². The highest BCUT2D eigenvalue weighted by molar-refractivity contribution is 5.82. The first kappa shape index (κ1) is 18.9. The number of amides is 2. The minimum absolute atomic E-state index is 0.0889. The minimum Gasteiger partial charge on any atom is -0.347 e. The van der Waals surface area contributed by atoms with Crippen LogP contribution in [0.2, 0.25) is 0 Å². The van der Waals surface area contributed by atoms with Crippen molar-refractivity contribution in [2.75, 3.05) is 19.6 Å². The highest BCUT2D eigenvalue weighted by atomic mass is 16.2. The van der Waals surface area contributed by atoms with Gasteiger partial charge in [-0.05, 0) is 25.3 Å². The van der Waals surface area contributed by atoms with E-state index in [1.807, 2.05) is 40.1 Å². The number of piperazine rings is 1. The quantitative estimate of drug-likeness (QED) is 0.886. The summed E-state index contributed by atoms with van der Waals surface area (Å²) in [7, 11) is 0. The minimum atomic E-state index is -0.273. The molecule has 5 heteroatoms. The fourth-order valence-corrected chi connectivity index (χ4v) is 4.31. The van der Waals surface area contributed by atoms with Crippen LogP contribution in [0.3, 0.4) is 0 Å². The summed E-state index contributed by atoms with van der Waals surface area (Å²) in [5.41, 5.74) is 5.23. The highest BCUT2D eigenvalue weighted by Gasteiger charge is 2.35. The number of quaternary nitrogens is 1. The Hall–Kier alpha value is -1.88. The molecule has 2 aliphatic rings. The van der Waals surface area contributed by atoms with Gasteiger partial charge in [-0.1, -0.05) is 49.6 Å². The molecular weight excluding hydrogens is 326 g/mol. The molecule has 0 spiro atoms. The average molecular weight is 359 g/mol. The van der Waals surface area contributed by atoms with Gasteiger partial charge in [0.2, 0.25) is 5.91 Å². The third kappa shape index (κ3) is 4.44. The SMILES string of the molecule is C[C@H]1CN(C(=O)[C@@H]([NH3+])Cc2ccccc2)CCN1C(=O)C1CCCCC1. The summed E-state index contributed by atoms with van der Waals surface area (Å²) in [6.45, 7) is 3.97. The Bertz CT molecular complexity index is 613. The molecule has 1 aliphatic heterocycles. The van der Waals surface area contributed by atoms with Crippen LogP contribution in [0.15, 0.2) is 30.3 Å². The van der Waals surface area contributed by atoms with Crippen molar-refractivity contribution in [2.24, 2.45) is 5.92 Å². The molecule has 1 saturated carbocycles. The zero-order valence-electron chi connectivity index (χ0n) is 15.9. The first-order valence-electron chi connectivity index (χ1n) is 10.0. The molecule has 1 saturated heterocycles. The van der Waals surface area contributed by atoms with Gasteiger partial charge >= 0.3 is 0 Å². The number of rotatable bonds is 4. The molecule has 0 radical (unpaired) electrons. The molecule has 2 fully saturated rings. The van der Waals surface area contributed by atoms with Crippen LogP contribution in [0.1, 0.15) is 44.6 Å². The number of carbonyl (C=O) groups excluding carboxylic acids is 2. The number of nitrogens with zero attached hydrogens (tertiary/aromatic N) is 2. The Morgan fingerprint density at radius 3 is 2.46 bits per heavy atom. The average Bonchev–Trinajstić information content (AvgIpc) is 2.68. The van der Waals surface area contributed by atoms with Crippen LogP contribution in [-0.2, 0) is 16.0 Å². The molecule has 142 valence electrons. The summed E-state index contributed by atoms with van der Waals surface area (Å²) in [6, 6.07) is 9.85. The van der Waals surface area contributed by atoms with Gasteiger partial charge in [-0.15, -0.1) is 0 Å². The van der Waals surface area contributed by atoms with Crippen molar-refractivity contribution in [3.63, 3.8) is 0 Å². The molecule has 0 unspecified atom stereocenters. The molecule has 2 atom stereocenters. The van der Waals surface area contributed by atoms with Crippen molar-refractivity contribution in [2.45, 2.75) is 57.5 Å². The third-order valence-corrected chi connectivity index (χ3v) is 5.85. The van der Waals surface area contributed by atoms with Crippen LogP contribution in [0.5, 0.6) is 0 Å². The van der Waals surface area contributed by atoms with E-state index in [0.29, 0.717) is 32.0 Å². The van der Waals surface area contributed by atoms with E-state index in [-0.39, 0.29) is 23.9 Å². The summed E-state index contributed by atoms with van der Waals surface area (Å²) in [5, 5.41) is 0. The van der Waals surface area contributed by atoms with Gasteiger partial charge < -0.3 is 15.5 Å². The van der Waals surface area contributed by atoms with Gasteiger partial charge in [0.25, 0.3) is 5.91 Å². The molecule has 5 nitrogen and oxygen atoms in total. The second-order valence-corrected chi connectivity index (χ2v) is 7.89. The summed E-state index contributed by atoms with van der Waals surface area (Å²) >= 11 is 0. The summed E-state index contributed by atoms with van der Waals surface area (Å²) < 4.78 is 0. The number of hydrogen-bond acceptors (Lipinski definition) is 2. The van der Waals surface area contributed by atoms with Crippen LogP contribution in [-0.4, -0.2) is 53.3 Å². The number of benzene rings is 1. The highest BCUT2D eigenvalue weighted by Crippen LogP contribution is 2.27. The molecule has 3 rings (SSSR count). The van der Waals surface area contributed by atoms with E-state index in [1.165, 1.54) is 19.3 Å². The zero-order valence-corrected chi connectivity index (χ0v) is 15.9. The Morgan fingerprint density at radius 1 is 1.12 bits per heavy atom. The zero-order chi connectivity index (χ0) is 18.5. The molecule has 26 heavy (non-hydrogen) atoms. The monoisotopic (exact) mass is 358 g/mol. The Morgan fingerprint density at radius 2 is 1.81 bits per heavy atom. The van der Waals surface area contributed by atoms with Crippen molar-refractivity contribution in [3.05, 3.63) is 35.9 Å². The molecule has 2 amide bonds. The van der Waals surface area contributed by atoms with E-state index in [9.17, 15) is 9.59 Å². The van der Waals surface area contributed by atoms with E-state index >= 15 is 0 Å². The largest absolute Gasteiger partial charge is 0.347 e. The first-order valence-corrected chi connectivity index (χ1v) is 10.0. The summed E-state index contributed by atoms with van der Waals surface area (Å²) in [6.07, 6.45) is 6.33. The van der Waals surface area contributed by atoms with Crippen LogP contribution in [0, 0.1) is 5.92 Å². The van der Waals surface area contributed by atoms with E-state index in [0.717, 1.165) is 18.4 Å². The molecule has 1 heterocycles. The van der Waals surface area contributed by atoms with Gasteiger partial charge in [0.1, 0.15) is 0 Å². The van der Waals surface area contributed by atoms with Crippen LogP contribution in [0.4, 0.5) is 0 Å². The number of hydrogen-bond donors (Lipinski definition) is 1. The maximum atomic E-state index is 12.8. The predicted molar refractivity (Wildman–Crippen MR) is 101 cm³/mol. The van der Waals surface area contributed by atoms with Crippen LogP contribution < -0.4 is 5.73 Å². The topological polar surface area (TPSA) is 68.3 Å². The lowest BCUT2D eigenvalue weighted by Gasteiger charge is -2.42. The maximum absolute atomic E-state index is 12.8. The number of carbonyl (C=O) groups is 2. The van der Waals surface area contributed by atoms with Gasteiger partial charge in [-0.2, -0.15) is 0 Å². The van der Waals surface area contributed by atoms with Crippen molar-refractivity contribution in [1.82, 2.24) is 9.80 Å². The standard InChI is InChI=1S/C21H31N3O2/c1-16-15-23(21(26)19(22)14-17-8-4-2-5-9-17)12-13-24(16)20(25)18-10-6-3-7-11-18/h2,4-5,8-9,16,18-19H,3,6-7,10-15,22H2,1H3/p+1/t16-,19-/m0/s1. The van der Waals surface area contributed by atoms with E-state index in [2.05, 4.69) is 12.7 Å². The molecular formula is C21H32N3O2+. The molecule has 3 N–H and O–H groups in total. The molecule has 1 aliphatic carbocycles. The molecule has 1 aromatic carbocycles. The van der Waals surface area contributed by atoms with Gasteiger partial charge in [0.05, 0.1) is 0 Å². The third-order valence-electron chi connectivity index (χ3n) is 5.85. The van der Waals surface area contributed by atoms with Crippen molar-refractivity contribution in [1.29, 1.82) is 0 Å². The fraction of sp³-hybridized carbons (Fsp3) is 0.619. The summed E-state index contributed by atoms with van der Waals surface area (Å²) in [4.78, 5) is 29.5. The van der Waals surface area contributed by atoms with Crippen molar-refractivity contribution in [3.8, 4) is 0 Å².